The molecule has 0 amide bonds. The third kappa shape index (κ3) is 5.57. The summed E-state index contributed by atoms with van der Waals surface area (Å²) in [5, 5.41) is 10.6. The van der Waals surface area contributed by atoms with Gasteiger partial charge in [0.1, 0.15) is 5.76 Å². The Kier molecular flexibility index (Phi) is 9.10. The van der Waals surface area contributed by atoms with Gasteiger partial charge in [-0.2, -0.15) is 0 Å². The number of esters is 4. The molecule has 178 valence electrons. The van der Waals surface area contributed by atoms with Crippen molar-refractivity contribution in [3.63, 3.8) is 0 Å². The number of benzene rings is 1. The molecular weight excluding hydrogens is 452 g/mol. The van der Waals surface area contributed by atoms with E-state index < -0.39 is 35.2 Å². The minimum absolute atomic E-state index is 0.156. The molecule has 0 bridgehead atoms. The van der Waals surface area contributed by atoms with Crippen LogP contribution in [0.4, 0.5) is 0 Å². The van der Waals surface area contributed by atoms with Gasteiger partial charge in [-0.25, -0.2) is 4.79 Å². The maximum Gasteiger partial charge on any atom is 0.337 e. The third-order valence-electron chi connectivity index (χ3n) is 5.30. The molecule has 0 radical (unpaired) electrons. The highest BCUT2D eigenvalue weighted by Crippen LogP contribution is 2.48. The van der Waals surface area contributed by atoms with E-state index in [0.29, 0.717) is 4.91 Å². The van der Waals surface area contributed by atoms with Crippen molar-refractivity contribution in [2.75, 3.05) is 28.4 Å². The Morgan fingerprint density at radius 2 is 1.61 bits per heavy atom. The number of carbonyl (C=O) groups excluding carboxylic acids is 4. The third-order valence-corrected chi connectivity index (χ3v) is 6.35. The van der Waals surface area contributed by atoms with Crippen LogP contribution in [0.15, 0.2) is 57.5 Å². The molecule has 1 atom stereocenters. The van der Waals surface area contributed by atoms with Gasteiger partial charge in [0.05, 0.1) is 40.4 Å². The molecule has 1 aromatic rings. The molecule has 10 heteroatoms. The first-order valence-corrected chi connectivity index (χ1v) is 10.7. The van der Waals surface area contributed by atoms with Gasteiger partial charge in [-0.3, -0.25) is 14.4 Å². The topological polar surface area (TPSA) is 125 Å². The maximum atomic E-state index is 13.0. The van der Waals surface area contributed by atoms with Gasteiger partial charge in [-0.15, -0.1) is 0 Å². The van der Waals surface area contributed by atoms with Crippen molar-refractivity contribution in [1.82, 2.24) is 0 Å². The highest BCUT2D eigenvalue weighted by molar-refractivity contribution is 8.03. The second kappa shape index (κ2) is 11.6. The molecule has 1 aromatic carbocycles. The first-order chi connectivity index (χ1) is 15.7. The quantitative estimate of drug-likeness (QED) is 0.258. The molecule has 0 fully saturated rings. The number of aliphatic hydroxyl groups excluding tert-OH is 1. The summed E-state index contributed by atoms with van der Waals surface area (Å²) in [6.45, 7) is 0. The van der Waals surface area contributed by atoms with Crippen molar-refractivity contribution in [3.8, 4) is 0 Å². The number of carbonyl (C=O) groups is 4. The molecule has 0 saturated carbocycles. The Morgan fingerprint density at radius 1 is 1.00 bits per heavy atom. The summed E-state index contributed by atoms with van der Waals surface area (Å²) in [6.07, 6.45) is 0.878. The summed E-state index contributed by atoms with van der Waals surface area (Å²) in [5.74, 6) is -5.02. The van der Waals surface area contributed by atoms with Crippen LogP contribution in [0.2, 0.25) is 0 Å². The molecule has 0 heterocycles. The van der Waals surface area contributed by atoms with E-state index in [2.05, 4.69) is 0 Å². The van der Waals surface area contributed by atoms with E-state index in [1.165, 1.54) is 24.9 Å². The Hall–Kier alpha value is -3.27. The van der Waals surface area contributed by atoms with Crippen LogP contribution in [0, 0.1) is 11.3 Å². The number of hydrogen-bond acceptors (Lipinski definition) is 10. The first-order valence-electron chi connectivity index (χ1n) is 9.92. The summed E-state index contributed by atoms with van der Waals surface area (Å²) >= 11 is 1.19. The van der Waals surface area contributed by atoms with Gasteiger partial charge >= 0.3 is 23.9 Å². The van der Waals surface area contributed by atoms with Gasteiger partial charge in [0.15, 0.2) is 5.41 Å². The van der Waals surface area contributed by atoms with Crippen LogP contribution in [0.1, 0.15) is 19.3 Å². The smallest absolute Gasteiger partial charge is 0.337 e. The molecule has 33 heavy (non-hydrogen) atoms. The van der Waals surface area contributed by atoms with Crippen molar-refractivity contribution in [2.24, 2.45) is 11.3 Å². The minimum atomic E-state index is -1.97. The molecule has 1 aliphatic rings. The number of thioether (sulfide) groups is 1. The molecule has 0 aromatic heterocycles. The van der Waals surface area contributed by atoms with Crippen molar-refractivity contribution in [1.29, 1.82) is 0 Å². The lowest BCUT2D eigenvalue weighted by Crippen LogP contribution is -2.50. The van der Waals surface area contributed by atoms with Crippen molar-refractivity contribution in [3.05, 3.63) is 52.6 Å². The zero-order chi connectivity index (χ0) is 24.6. The molecule has 1 unspecified atom stereocenters. The fourth-order valence-corrected chi connectivity index (χ4v) is 4.68. The van der Waals surface area contributed by atoms with Crippen LogP contribution >= 0.6 is 11.8 Å². The molecule has 0 aliphatic heterocycles. The number of hydrogen-bond donors (Lipinski definition) is 1. The maximum absolute atomic E-state index is 13.0. The summed E-state index contributed by atoms with van der Waals surface area (Å²) in [4.78, 5) is 51.9. The Morgan fingerprint density at radius 3 is 2.12 bits per heavy atom. The molecule has 9 nitrogen and oxygen atoms in total. The molecule has 1 aliphatic carbocycles. The van der Waals surface area contributed by atoms with Crippen molar-refractivity contribution < 1.29 is 43.2 Å². The second-order valence-electron chi connectivity index (χ2n) is 7.09. The van der Waals surface area contributed by atoms with E-state index in [9.17, 15) is 24.3 Å². The average molecular weight is 479 g/mol. The zero-order valence-electron chi connectivity index (χ0n) is 18.8. The van der Waals surface area contributed by atoms with Gasteiger partial charge in [0.25, 0.3) is 0 Å². The monoisotopic (exact) mass is 478 g/mol. The highest BCUT2D eigenvalue weighted by atomic mass is 32.2. The summed E-state index contributed by atoms with van der Waals surface area (Å²) in [5.41, 5.74) is -2.26. The lowest BCUT2D eigenvalue weighted by atomic mass is 9.64. The fourth-order valence-electron chi connectivity index (χ4n) is 3.69. The van der Waals surface area contributed by atoms with Crippen LogP contribution in [0.5, 0.6) is 0 Å². The van der Waals surface area contributed by atoms with Crippen LogP contribution in [-0.2, 0) is 38.1 Å². The molecule has 0 saturated heterocycles. The van der Waals surface area contributed by atoms with E-state index in [1.807, 2.05) is 6.07 Å². The van der Waals surface area contributed by atoms with Crippen molar-refractivity contribution in [2.45, 2.75) is 24.2 Å². The number of ether oxygens (including phenoxy) is 4. The SMILES string of the molecule is COC(=O)C/C(=C\C1C(C(=O)OC)=C(O)CCC1(C(=O)OC)C(=O)OC)Sc1ccccc1. The molecular formula is C23H26O9S. The lowest BCUT2D eigenvalue weighted by molar-refractivity contribution is -0.173. The average Bonchev–Trinajstić information content (AvgIpc) is 2.83. The predicted octanol–water partition coefficient (Wildman–Crippen LogP) is 2.95. The molecule has 0 spiro atoms. The van der Waals surface area contributed by atoms with Crippen LogP contribution in [-0.4, -0.2) is 57.4 Å². The van der Waals surface area contributed by atoms with Crippen LogP contribution in [0.25, 0.3) is 0 Å². The van der Waals surface area contributed by atoms with E-state index in [1.54, 1.807) is 24.3 Å². The van der Waals surface area contributed by atoms with E-state index in [4.69, 9.17) is 18.9 Å². The Bertz CT molecular complexity index is 949. The number of rotatable bonds is 8. The summed E-state index contributed by atoms with van der Waals surface area (Å²) in [7, 11) is 4.56. The Balaban J connectivity index is 2.77. The summed E-state index contributed by atoms with van der Waals surface area (Å²) < 4.78 is 19.5. The second-order valence-corrected chi connectivity index (χ2v) is 8.29. The fraction of sp³-hybridized carbons (Fsp3) is 0.391. The van der Waals surface area contributed by atoms with E-state index in [-0.39, 0.29) is 30.6 Å². The number of allylic oxidation sites excluding steroid dienone is 2. The Labute approximate surface area is 195 Å². The van der Waals surface area contributed by atoms with Crippen LogP contribution < -0.4 is 0 Å². The normalized spacial score (nSPS) is 17.7. The summed E-state index contributed by atoms with van der Waals surface area (Å²) in [6, 6.07) is 9.04. The first kappa shape index (κ1) is 26.0. The predicted molar refractivity (Wildman–Crippen MR) is 118 cm³/mol. The molecule has 1 N–H and O–H groups in total. The largest absolute Gasteiger partial charge is 0.512 e. The highest BCUT2D eigenvalue weighted by Gasteiger charge is 2.58. The molecule has 2 rings (SSSR count). The number of methoxy groups -OCH3 is 4. The number of aliphatic hydroxyl groups is 1. The van der Waals surface area contributed by atoms with E-state index in [0.717, 1.165) is 26.2 Å². The van der Waals surface area contributed by atoms with Gasteiger partial charge in [0, 0.05) is 17.2 Å². The van der Waals surface area contributed by atoms with Crippen LogP contribution in [0.3, 0.4) is 0 Å². The van der Waals surface area contributed by atoms with Crippen molar-refractivity contribution >= 4 is 35.6 Å². The van der Waals surface area contributed by atoms with Gasteiger partial charge in [-0.1, -0.05) is 36.0 Å². The van der Waals surface area contributed by atoms with E-state index >= 15 is 0 Å². The van der Waals surface area contributed by atoms with Gasteiger partial charge < -0.3 is 24.1 Å². The van der Waals surface area contributed by atoms with Gasteiger partial charge in [0.2, 0.25) is 0 Å². The zero-order valence-corrected chi connectivity index (χ0v) is 19.6. The lowest BCUT2D eigenvalue weighted by Gasteiger charge is -2.38. The standard InChI is InChI=1S/C23H26O9S/c1-29-18(25)13-15(33-14-8-6-5-7-9-14)12-16-19(20(26)30-2)17(24)10-11-23(16,21(27)31-3)22(28)32-4/h5-9,12,16,24H,10-11,13H2,1-4H3/b15-12+. The minimum Gasteiger partial charge on any atom is -0.512 e. The van der Waals surface area contributed by atoms with Gasteiger partial charge in [-0.05, 0) is 23.5 Å².